The maximum absolute atomic E-state index is 10.7. The summed E-state index contributed by atoms with van der Waals surface area (Å²) in [6.45, 7) is 1.96. The van der Waals surface area contributed by atoms with Crippen LogP contribution in [0.2, 0.25) is 0 Å². The van der Waals surface area contributed by atoms with Gasteiger partial charge < -0.3 is 5.11 Å². The number of hydrogen-bond acceptors (Lipinski definition) is 3. The highest BCUT2D eigenvalue weighted by Gasteiger charge is 2.09. The van der Waals surface area contributed by atoms with E-state index in [2.05, 4.69) is 4.98 Å². The highest BCUT2D eigenvalue weighted by atomic mass is 32.1. The lowest BCUT2D eigenvalue weighted by atomic mass is 10.1. The summed E-state index contributed by atoms with van der Waals surface area (Å²) in [7, 11) is 0. The third-order valence-corrected chi connectivity index (χ3v) is 3.21. The van der Waals surface area contributed by atoms with Gasteiger partial charge in [-0.2, -0.15) is 0 Å². The Morgan fingerprint density at radius 1 is 1.40 bits per heavy atom. The first kappa shape index (κ1) is 9.86. The van der Waals surface area contributed by atoms with Crippen LogP contribution < -0.4 is 0 Å². The molecular formula is C11H9NO2S. The molecule has 2 aromatic heterocycles. The van der Waals surface area contributed by atoms with E-state index in [1.54, 1.807) is 18.5 Å². The molecule has 0 amide bonds. The molecule has 1 N–H and O–H groups in total. The van der Waals surface area contributed by atoms with E-state index in [9.17, 15) is 4.79 Å². The number of aromatic carboxylic acids is 1. The molecule has 0 spiro atoms. The fraction of sp³-hybridized carbons (Fsp3) is 0.0909. The molecule has 2 rings (SSSR count). The Hall–Kier alpha value is -1.68. The second kappa shape index (κ2) is 3.82. The first-order valence-corrected chi connectivity index (χ1v) is 5.24. The lowest BCUT2D eigenvalue weighted by Crippen LogP contribution is -1.89. The van der Waals surface area contributed by atoms with E-state index in [1.807, 2.05) is 19.1 Å². The van der Waals surface area contributed by atoms with Crippen LogP contribution in [0.5, 0.6) is 0 Å². The number of thiophene rings is 1. The van der Waals surface area contributed by atoms with Crippen LogP contribution in [0.3, 0.4) is 0 Å². The van der Waals surface area contributed by atoms with Gasteiger partial charge in [0, 0.05) is 17.3 Å². The minimum Gasteiger partial charge on any atom is -0.477 e. The van der Waals surface area contributed by atoms with E-state index in [4.69, 9.17) is 5.11 Å². The number of nitrogens with zero attached hydrogens (tertiary/aromatic N) is 1. The molecule has 0 fully saturated rings. The van der Waals surface area contributed by atoms with Gasteiger partial charge in [-0.1, -0.05) is 0 Å². The fourth-order valence-electron chi connectivity index (χ4n) is 1.35. The first-order valence-electron chi connectivity index (χ1n) is 4.42. The van der Waals surface area contributed by atoms with E-state index < -0.39 is 5.97 Å². The van der Waals surface area contributed by atoms with E-state index in [-0.39, 0.29) is 0 Å². The van der Waals surface area contributed by atoms with Crippen LogP contribution in [-0.2, 0) is 0 Å². The van der Waals surface area contributed by atoms with Gasteiger partial charge in [0.05, 0.1) is 0 Å². The summed E-state index contributed by atoms with van der Waals surface area (Å²) in [5, 5.41) is 8.81. The molecule has 4 heteroatoms. The van der Waals surface area contributed by atoms with Gasteiger partial charge in [-0.15, -0.1) is 11.3 Å². The Kier molecular flexibility index (Phi) is 2.51. The van der Waals surface area contributed by atoms with Crippen LogP contribution in [0.25, 0.3) is 10.4 Å². The Morgan fingerprint density at radius 2 is 2.20 bits per heavy atom. The van der Waals surface area contributed by atoms with Crippen LogP contribution in [0, 0.1) is 6.92 Å². The number of carboxylic acid groups (broad SMARTS) is 1. The molecule has 0 radical (unpaired) electrons. The topological polar surface area (TPSA) is 50.2 Å². The van der Waals surface area contributed by atoms with Gasteiger partial charge in [-0.3, -0.25) is 4.98 Å². The third kappa shape index (κ3) is 1.89. The smallest absolute Gasteiger partial charge is 0.345 e. The lowest BCUT2D eigenvalue weighted by Gasteiger charge is -2.00. The van der Waals surface area contributed by atoms with E-state index in [0.29, 0.717) is 4.88 Å². The first-order chi connectivity index (χ1) is 7.18. The molecular weight excluding hydrogens is 210 g/mol. The average Bonchev–Trinajstić information content (AvgIpc) is 2.67. The quantitative estimate of drug-likeness (QED) is 0.844. The molecule has 0 bridgehead atoms. The molecule has 0 saturated heterocycles. The van der Waals surface area contributed by atoms with Crippen molar-refractivity contribution in [3.63, 3.8) is 0 Å². The second-order valence-corrected chi connectivity index (χ2v) is 4.24. The maximum Gasteiger partial charge on any atom is 0.345 e. The van der Waals surface area contributed by atoms with Crippen molar-refractivity contribution in [2.45, 2.75) is 6.92 Å². The Morgan fingerprint density at radius 3 is 2.80 bits per heavy atom. The van der Waals surface area contributed by atoms with Crippen molar-refractivity contribution < 1.29 is 9.90 Å². The monoisotopic (exact) mass is 219 g/mol. The number of pyridine rings is 1. The molecule has 2 aromatic rings. The highest BCUT2D eigenvalue weighted by molar-refractivity contribution is 7.17. The largest absolute Gasteiger partial charge is 0.477 e. The number of hydrogen-bond donors (Lipinski definition) is 1. The minimum atomic E-state index is -0.877. The number of rotatable bonds is 2. The molecule has 0 aliphatic rings. The Balaban J connectivity index is 2.46. The van der Waals surface area contributed by atoms with Gasteiger partial charge >= 0.3 is 5.97 Å². The van der Waals surface area contributed by atoms with Gasteiger partial charge in [0.2, 0.25) is 0 Å². The predicted octanol–water partition coefficient (Wildman–Crippen LogP) is 2.82. The van der Waals surface area contributed by atoms with E-state index in [1.165, 1.54) is 11.3 Å². The second-order valence-electron chi connectivity index (χ2n) is 3.16. The zero-order valence-electron chi connectivity index (χ0n) is 8.10. The number of aromatic nitrogens is 1. The Labute approximate surface area is 91.0 Å². The predicted molar refractivity (Wildman–Crippen MR) is 59.2 cm³/mol. The third-order valence-electron chi connectivity index (χ3n) is 2.10. The van der Waals surface area contributed by atoms with Crippen LogP contribution in [0.4, 0.5) is 0 Å². The van der Waals surface area contributed by atoms with E-state index in [0.717, 1.165) is 16.0 Å². The van der Waals surface area contributed by atoms with Crippen molar-refractivity contribution in [2.75, 3.05) is 0 Å². The van der Waals surface area contributed by atoms with Crippen LogP contribution in [0.15, 0.2) is 30.6 Å². The molecule has 2 heterocycles. The molecule has 0 saturated carbocycles. The van der Waals surface area contributed by atoms with Crippen molar-refractivity contribution in [3.05, 3.63) is 41.0 Å². The summed E-state index contributed by atoms with van der Waals surface area (Å²) in [4.78, 5) is 16.1. The van der Waals surface area contributed by atoms with Crippen molar-refractivity contribution in [1.29, 1.82) is 0 Å². The van der Waals surface area contributed by atoms with Crippen LogP contribution >= 0.6 is 11.3 Å². The van der Waals surface area contributed by atoms with Crippen LogP contribution in [-0.4, -0.2) is 16.1 Å². The standard InChI is InChI=1S/C11H9NO2S/c1-7-6-12-5-4-8(7)9-2-3-10(15-9)11(13)14/h2-6H,1H3,(H,13,14). The lowest BCUT2D eigenvalue weighted by molar-refractivity contribution is 0.0702. The van der Waals surface area contributed by atoms with Gasteiger partial charge in [-0.05, 0) is 36.2 Å². The average molecular weight is 219 g/mol. The number of carbonyl (C=O) groups is 1. The summed E-state index contributed by atoms with van der Waals surface area (Å²) in [5.74, 6) is -0.877. The summed E-state index contributed by atoms with van der Waals surface area (Å²) in [5.41, 5.74) is 2.10. The molecule has 3 nitrogen and oxygen atoms in total. The molecule has 76 valence electrons. The van der Waals surface area contributed by atoms with Crippen LogP contribution in [0.1, 0.15) is 15.2 Å². The molecule has 0 aliphatic carbocycles. The fourth-order valence-corrected chi connectivity index (χ4v) is 2.28. The molecule has 0 aromatic carbocycles. The molecule has 0 atom stereocenters. The normalized spacial score (nSPS) is 10.2. The highest BCUT2D eigenvalue weighted by Crippen LogP contribution is 2.29. The Bertz CT molecular complexity index is 505. The molecule has 0 aliphatic heterocycles. The van der Waals surface area contributed by atoms with Gasteiger partial charge in [-0.25, -0.2) is 4.79 Å². The van der Waals surface area contributed by atoms with E-state index >= 15 is 0 Å². The number of carboxylic acids is 1. The van der Waals surface area contributed by atoms with Crippen molar-refractivity contribution in [1.82, 2.24) is 4.98 Å². The number of aryl methyl sites for hydroxylation is 1. The summed E-state index contributed by atoms with van der Waals surface area (Å²) in [6.07, 6.45) is 3.48. The van der Waals surface area contributed by atoms with Crippen molar-refractivity contribution in [2.24, 2.45) is 0 Å². The summed E-state index contributed by atoms with van der Waals surface area (Å²) in [6, 6.07) is 5.35. The van der Waals surface area contributed by atoms with Crippen molar-refractivity contribution in [3.8, 4) is 10.4 Å². The van der Waals surface area contributed by atoms with Gasteiger partial charge in [0.25, 0.3) is 0 Å². The minimum absolute atomic E-state index is 0.362. The summed E-state index contributed by atoms with van der Waals surface area (Å²) >= 11 is 1.28. The zero-order valence-corrected chi connectivity index (χ0v) is 8.91. The summed E-state index contributed by atoms with van der Waals surface area (Å²) < 4.78 is 0. The SMILES string of the molecule is Cc1cnccc1-c1ccc(C(=O)O)s1. The zero-order chi connectivity index (χ0) is 10.8. The molecule has 15 heavy (non-hydrogen) atoms. The van der Waals surface area contributed by atoms with Gasteiger partial charge in [0.1, 0.15) is 4.88 Å². The van der Waals surface area contributed by atoms with Crippen molar-refractivity contribution >= 4 is 17.3 Å². The molecule has 0 unspecified atom stereocenters. The van der Waals surface area contributed by atoms with Gasteiger partial charge in [0.15, 0.2) is 0 Å². The maximum atomic E-state index is 10.7.